The van der Waals surface area contributed by atoms with Crippen molar-refractivity contribution in [2.75, 3.05) is 5.32 Å². The summed E-state index contributed by atoms with van der Waals surface area (Å²) in [5.41, 5.74) is 2.98. The number of aryl methyl sites for hydroxylation is 1. The molecule has 0 spiro atoms. The Labute approximate surface area is 126 Å². The number of aromatic hydroxyl groups is 1. The highest BCUT2D eigenvalue weighted by molar-refractivity contribution is 7.99. The van der Waals surface area contributed by atoms with E-state index in [-0.39, 0.29) is 11.8 Å². The molecule has 110 valence electrons. The van der Waals surface area contributed by atoms with Gasteiger partial charge in [0.1, 0.15) is 5.75 Å². The lowest BCUT2D eigenvalue weighted by Gasteiger charge is -2.18. The van der Waals surface area contributed by atoms with Crippen LogP contribution in [-0.4, -0.2) is 10.9 Å². The zero-order valence-electron chi connectivity index (χ0n) is 11.2. The van der Waals surface area contributed by atoms with Crippen molar-refractivity contribution in [2.24, 2.45) is 0 Å². The summed E-state index contributed by atoms with van der Waals surface area (Å²) in [6.07, 6.45) is 1.78. The number of anilines is 1. The van der Waals surface area contributed by atoms with E-state index in [9.17, 15) is 13.9 Å². The van der Waals surface area contributed by atoms with E-state index in [0.717, 1.165) is 29.7 Å². The number of benzene rings is 2. The molecule has 0 amide bonds. The fourth-order valence-corrected chi connectivity index (χ4v) is 3.33. The maximum absolute atomic E-state index is 12.6. The van der Waals surface area contributed by atoms with Crippen molar-refractivity contribution >= 4 is 17.4 Å². The van der Waals surface area contributed by atoms with Crippen molar-refractivity contribution in [3.8, 4) is 5.75 Å². The molecule has 1 aliphatic rings. The average molecular weight is 307 g/mol. The Balaban J connectivity index is 1.83. The molecule has 21 heavy (non-hydrogen) atoms. The zero-order chi connectivity index (χ0) is 14.8. The van der Waals surface area contributed by atoms with Crippen LogP contribution in [0.25, 0.3) is 0 Å². The van der Waals surface area contributed by atoms with E-state index in [1.165, 1.54) is 0 Å². The predicted octanol–water partition coefficient (Wildman–Crippen LogP) is 4.81. The van der Waals surface area contributed by atoms with Gasteiger partial charge in [0.05, 0.1) is 6.04 Å². The molecule has 0 saturated heterocycles. The Kier molecular flexibility index (Phi) is 4.01. The SMILES string of the molecule is Oc1ccc2c(c1)CCC2Nc1ccccc1SC(F)F. The molecule has 0 heterocycles. The lowest BCUT2D eigenvalue weighted by molar-refractivity contribution is 0.252. The van der Waals surface area contributed by atoms with Gasteiger partial charge in [0.2, 0.25) is 0 Å². The molecule has 2 aromatic rings. The van der Waals surface area contributed by atoms with E-state index >= 15 is 0 Å². The summed E-state index contributed by atoms with van der Waals surface area (Å²) in [5.74, 6) is -2.16. The molecule has 3 rings (SSSR count). The number of hydrogen-bond donors (Lipinski definition) is 2. The minimum atomic E-state index is -2.43. The summed E-state index contributed by atoms with van der Waals surface area (Å²) < 4.78 is 25.2. The molecule has 2 N–H and O–H groups in total. The number of nitrogens with one attached hydrogen (secondary N) is 1. The molecule has 5 heteroatoms. The smallest absolute Gasteiger partial charge is 0.288 e. The molecule has 0 saturated carbocycles. The van der Waals surface area contributed by atoms with Crippen molar-refractivity contribution < 1.29 is 13.9 Å². The van der Waals surface area contributed by atoms with Crippen molar-refractivity contribution in [1.29, 1.82) is 0 Å². The standard InChI is InChI=1S/C16H15F2NOS/c17-16(18)21-15-4-2-1-3-14(15)19-13-8-5-10-9-11(20)6-7-12(10)13/h1-4,6-7,9,13,16,19-20H,5,8H2. The third kappa shape index (κ3) is 3.13. The number of hydrogen-bond acceptors (Lipinski definition) is 3. The van der Waals surface area contributed by atoms with E-state index in [2.05, 4.69) is 5.32 Å². The first kappa shape index (κ1) is 14.2. The highest BCUT2D eigenvalue weighted by Gasteiger charge is 2.23. The third-order valence-corrected chi connectivity index (χ3v) is 4.43. The molecule has 0 aliphatic heterocycles. The fraction of sp³-hybridized carbons (Fsp3) is 0.250. The van der Waals surface area contributed by atoms with Gasteiger partial charge in [-0.05, 0) is 48.2 Å². The molecular weight excluding hydrogens is 292 g/mol. The summed E-state index contributed by atoms with van der Waals surface area (Å²) in [4.78, 5) is 0.555. The highest BCUT2D eigenvalue weighted by Crippen LogP contribution is 2.38. The van der Waals surface area contributed by atoms with Crippen LogP contribution in [0.15, 0.2) is 47.4 Å². The normalized spacial score (nSPS) is 17.0. The van der Waals surface area contributed by atoms with Crippen molar-refractivity contribution in [2.45, 2.75) is 29.5 Å². The molecule has 1 aliphatic carbocycles. The van der Waals surface area contributed by atoms with Crippen molar-refractivity contribution in [1.82, 2.24) is 0 Å². The maximum Gasteiger partial charge on any atom is 0.288 e. The molecule has 2 aromatic carbocycles. The first-order valence-electron chi connectivity index (χ1n) is 6.75. The Bertz CT molecular complexity index is 648. The Morgan fingerprint density at radius 1 is 1.19 bits per heavy atom. The summed E-state index contributed by atoms with van der Waals surface area (Å²) in [5, 5.41) is 12.9. The summed E-state index contributed by atoms with van der Waals surface area (Å²) in [7, 11) is 0. The minimum absolute atomic E-state index is 0.0972. The van der Waals surface area contributed by atoms with Crippen molar-refractivity contribution in [3.05, 3.63) is 53.6 Å². The van der Waals surface area contributed by atoms with Gasteiger partial charge in [0, 0.05) is 10.6 Å². The van der Waals surface area contributed by atoms with E-state index in [1.54, 1.807) is 24.3 Å². The van der Waals surface area contributed by atoms with Crippen LogP contribution >= 0.6 is 11.8 Å². The second kappa shape index (κ2) is 5.93. The number of para-hydroxylation sites is 1. The van der Waals surface area contributed by atoms with Crippen LogP contribution in [0.3, 0.4) is 0 Å². The van der Waals surface area contributed by atoms with Gasteiger partial charge in [0.25, 0.3) is 5.76 Å². The van der Waals surface area contributed by atoms with Gasteiger partial charge >= 0.3 is 0 Å². The molecule has 0 radical (unpaired) electrons. The second-order valence-corrected chi connectivity index (χ2v) is 6.03. The van der Waals surface area contributed by atoms with Gasteiger partial charge in [-0.2, -0.15) is 8.78 Å². The number of phenols is 1. The van der Waals surface area contributed by atoms with Crippen LogP contribution < -0.4 is 5.32 Å². The molecule has 1 atom stereocenters. The number of rotatable bonds is 4. The van der Waals surface area contributed by atoms with E-state index in [1.807, 2.05) is 18.2 Å². The number of thioether (sulfide) groups is 1. The first-order valence-corrected chi connectivity index (χ1v) is 7.63. The van der Waals surface area contributed by atoms with Crippen LogP contribution in [0.4, 0.5) is 14.5 Å². The Hall–Kier alpha value is -1.75. The van der Waals surface area contributed by atoms with E-state index in [0.29, 0.717) is 16.7 Å². The van der Waals surface area contributed by atoms with Gasteiger partial charge in [-0.3, -0.25) is 0 Å². The minimum Gasteiger partial charge on any atom is -0.508 e. The summed E-state index contributed by atoms with van der Waals surface area (Å²) in [6.45, 7) is 0. The molecule has 0 fully saturated rings. The Morgan fingerprint density at radius 3 is 2.81 bits per heavy atom. The second-order valence-electron chi connectivity index (χ2n) is 4.99. The molecule has 1 unspecified atom stereocenters. The van der Waals surface area contributed by atoms with Crippen LogP contribution in [0.5, 0.6) is 5.75 Å². The quantitative estimate of drug-likeness (QED) is 0.795. The average Bonchev–Trinajstić information content (AvgIpc) is 2.83. The molecular formula is C16H15F2NOS. The molecule has 0 bridgehead atoms. The lowest BCUT2D eigenvalue weighted by Crippen LogP contribution is -2.08. The van der Waals surface area contributed by atoms with Gasteiger partial charge in [-0.1, -0.05) is 30.0 Å². The van der Waals surface area contributed by atoms with Gasteiger partial charge in [-0.25, -0.2) is 0 Å². The lowest BCUT2D eigenvalue weighted by atomic mass is 10.1. The number of phenolic OH excluding ortho intramolecular Hbond substituents is 1. The largest absolute Gasteiger partial charge is 0.508 e. The van der Waals surface area contributed by atoms with Crippen LogP contribution in [0, 0.1) is 0 Å². The summed E-state index contributed by atoms with van der Waals surface area (Å²) in [6, 6.07) is 12.6. The van der Waals surface area contributed by atoms with Crippen molar-refractivity contribution in [3.63, 3.8) is 0 Å². The number of halogens is 2. The number of fused-ring (bicyclic) bond motifs is 1. The van der Waals surface area contributed by atoms with Crippen LogP contribution in [-0.2, 0) is 6.42 Å². The van der Waals surface area contributed by atoms with E-state index in [4.69, 9.17) is 0 Å². The predicted molar refractivity (Wildman–Crippen MR) is 81.1 cm³/mol. The number of alkyl halides is 2. The fourth-order valence-electron chi connectivity index (χ4n) is 2.73. The van der Waals surface area contributed by atoms with Crippen LogP contribution in [0.1, 0.15) is 23.6 Å². The monoisotopic (exact) mass is 307 g/mol. The maximum atomic E-state index is 12.6. The first-order chi connectivity index (χ1) is 10.1. The van der Waals surface area contributed by atoms with Gasteiger partial charge in [0.15, 0.2) is 0 Å². The topological polar surface area (TPSA) is 32.3 Å². The van der Waals surface area contributed by atoms with Gasteiger partial charge in [-0.15, -0.1) is 0 Å². The highest BCUT2D eigenvalue weighted by atomic mass is 32.2. The van der Waals surface area contributed by atoms with Gasteiger partial charge < -0.3 is 10.4 Å². The van der Waals surface area contributed by atoms with Crippen LogP contribution in [0.2, 0.25) is 0 Å². The summed E-state index contributed by atoms with van der Waals surface area (Å²) >= 11 is 0.556. The third-order valence-electron chi connectivity index (χ3n) is 3.64. The Morgan fingerprint density at radius 2 is 2.00 bits per heavy atom. The zero-order valence-corrected chi connectivity index (χ0v) is 12.0. The molecule has 0 aromatic heterocycles. The molecule has 2 nitrogen and oxygen atoms in total. The van der Waals surface area contributed by atoms with E-state index < -0.39 is 5.76 Å².